The molecule has 2 unspecified atom stereocenters. The van der Waals surface area contributed by atoms with Crippen LogP contribution in [-0.2, 0) is 6.54 Å². The van der Waals surface area contributed by atoms with E-state index in [0.717, 1.165) is 4.47 Å². The second-order valence-electron chi connectivity index (χ2n) is 4.12. The van der Waals surface area contributed by atoms with E-state index in [4.69, 9.17) is 5.73 Å². The van der Waals surface area contributed by atoms with Crippen LogP contribution in [0.25, 0.3) is 0 Å². The number of halogens is 1. The standard InChI is InChI=1S/C11H15BrN4OS2/c1-3-16-10(17)14-15-11(16)19-9(6(2)13)8-4-7(12)5-18-8/h4-6,9H,3,13H2,1-2H3,(H,14,17). The molecule has 3 N–H and O–H groups in total. The van der Waals surface area contributed by atoms with Crippen LogP contribution in [-0.4, -0.2) is 20.8 Å². The van der Waals surface area contributed by atoms with Crippen LogP contribution >= 0.6 is 39.0 Å². The van der Waals surface area contributed by atoms with Crippen LogP contribution in [0.3, 0.4) is 0 Å². The molecular formula is C11H15BrN4OS2. The van der Waals surface area contributed by atoms with Gasteiger partial charge in [0.25, 0.3) is 0 Å². The van der Waals surface area contributed by atoms with Crippen molar-refractivity contribution in [1.82, 2.24) is 14.8 Å². The van der Waals surface area contributed by atoms with Gasteiger partial charge in [-0.1, -0.05) is 11.8 Å². The minimum absolute atomic E-state index is 0.0346. The number of nitrogens with one attached hydrogen (secondary N) is 1. The fraction of sp³-hybridized carbons (Fsp3) is 0.455. The molecule has 104 valence electrons. The average molecular weight is 363 g/mol. The second kappa shape index (κ2) is 6.25. The molecule has 0 amide bonds. The Morgan fingerprint density at radius 1 is 1.68 bits per heavy atom. The van der Waals surface area contributed by atoms with Crippen LogP contribution in [0.2, 0.25) is 0 Å². The Morgan fingerprint density at radius 2 is 2.42 bits per heavy atom. The van der Waals surface area contributed by atoms with Gasteiger partial charge in [-0.15, -0.1) is 16.4 Å². The van der Waals surface area contributed by atoms with Crippen LogP contribution in [0.1, 0.15) is 24.0 Å². The van der Waals surface area contributed by atoms with Crippen LogP contribution in [0.4, 0.5) is 0 Å². The first-order valence-corrected chi connectivity index (χ1v) is 8.39. The molecule has 0 aliphatic heterocycles. The van der Waals surface area contributed by atoms with E-state index in [2.05, 4.69) is 32.2 Å². The summed E-state index contributed by atoms with van der Waals surface area (Å²) < 4.78 is 2.66. The lowest BCUT2D eigenvalue weighted by Crippen LogP contribution is -2.23. The highest BCUT2D eigenvalue weighted by molar-refractivity contribution is 9.10. The molecule has 2 atom stereocenters. The summed E-state index contributed by atoms with van der Waals surface area (Å²) in [7, 11) is 0. The Hall–Kier alpha value is -0.570. The lowest BCUT2D eigenvalue weighted by Gasteiger charge is -2.18. The fourth-order valence-electron chi connectivity index (χ4n) is 1.69. The third-order valence-corrected chi connectivity index (χ3v) is 6.00. The van der Waals surface area contributed by atoms with E-state index in [1.165, 1.54) is 16.6 Å². The topological polar surface area (TPSA) is 76.7 Å². The third kappa shape index (κ3) is 3.31. The predicted octanol–water partition coefficient (Wildman–Crippen LogP) is 2.60. The number of hydrogen-bond donors (Lipinski definition) is 2. The monoisotopic (exact) mass is 362 g/mol. The number of thioether (sulfide) groups is 1. The van der Waals surface area contributed by atoms with Crippen molar-refractivity contribution >= 4 is 39.0 Å². The van der Waals surface area contributed by atoms with Crippen molar-refractivity contribution in [2.24, 2.45) is 5.73 Å². The molecule has 0 aliphatic carbocycles. The van der Waals surface area contributed by atoms with Gasteiger partial charge in [-0.3, -0.25) is 4.57 Å². The highest BCUT2D eigenvalue weighted by Crippen LogP contribution is 2.39. The zero-order valence-corrected chi connectivity index (χ0v) is 13.8. The smallest absolute Gasteiger partial charge is 0.327 e. The minimum atomic E-state index is -0.180. The molecular weight excluding hydrogens is 348 g/mol. The van der Waals surface area contributed by atoms with Gasteiger partial charge in [-0.2, -0.15) is 0 Å². The molecule has 0 fully saturated rings. The zero-order chi connectivity index (χ0) is 14.0. The maximum Gasteiger partial charge on any atom is 0.343 e. The first-order valence-electron chi connectivity index (χ1n) is 5.84. The Labute approximate surface area is 127 Å². The first-order chi connectivity index (χ1) is 9.02. The van der Waals surface area contributed by atoms with E-state index in [9.17, 15) is 4.79 Å². The number of thiophene rings is 1. The van der Waals surface area contributed by atoms with E-state index in [1.807, 2.05) is 19.2 Å². The largest absolute Gasteiger partial charge is 0.343 e. The second-order valence-corrected chi connectivity index (χ2v) is 7.09. The van der Waals surface area contributed by atoms with Crippen molar-refractivity contribution in [2.75, 3.05) is 0 Å². The Balaban J connectivity index is 2.29. The maximum atomic E-state index is 11.6. The minimum Gasteiger partial charge on any atom is -0.327 e. The van der Waals surface area contributed by atoms with E-state index in [1.54, 1.807) is 15.9 Å². The molecule has 2 aromatic rings. The summed E-state index contributed by atoms with van der Waals surface area (Å²) in [5, 5.41) is 9.34. The number of H-pyrrole nitrogens is 1. The molecule has 8 heteroatoms. The van der Waals surface area contributed by atoms with Gasteiger partial charge >= 0.3 is 5.69 Å². The molecule has 0 saturated carbocycles. The normalized spacial score (nSPS) is 14.5. The molecule has 0 aliphatic rings. The molecule has 0 radical (unpaired) electrons. The molecule has 0 bridgehead atoms. The van der Waals surface area contributed by atoms with Gasteiger partial charge in [0.1, 0.15) is 0 Å². The Morgan fingerprint density at radius 3 is 2.95 bits per heavy atom. The van der Waals surface area contributed by atoms with Gasteiger partial charge in [-0.25, -0.2) is 9.89 Å². The number of aromatic nitrogens is 3. The highest BCUT2D eigenvalue weighted by Gasteiger charge is 2.22. The summed E-state index contributed by atoms with van der Waals surface area (Å²) in [5.74, 6) is 0. The van der Waals surface area contributed by atoms with Gasteiger partial charge < -0.3 is 5.73 Å². The molecule has 2 aromatic heterocycles. The lowest BCUT2D eigenvalue weighted by molar-refractivity contribution is 0.653. The van der Waals surface area contributed by atoms with Gasteiger partial charge in [0, 0.05) is 27.3 Å². The molecule has 19 heavy (non-hydrogen) atoms. The fourth-order valence-corrected chi connectivity index (χ4v) is 4.60. The summed E-state index contributed by atoms with van der Waals surface area (Å²) >= 11 is 6.62. The molecule has 0 saturated heterocycles. The summed E-state index contributed by atoms with van der Waals surface area (Å²) in [5.41, 5.74) is 5.89. The molecule has 2 heterocycles. The van der Waals surface area contributed by atoms with E-state index in [-0.39, 0.29) is 17.0 Å². The van der Waals surface area contributed by atoms with Crippen LogP contribution in [0.15, 0.2) is 25.9 Å². The van der Waals surface area contributed by atoms with E-state index < -0.39 is 0 Å². The van der Waals surface area contributed by atoms with Crippen molar-refractivity contribution in [3.05, 3.63) is 31.3 Å². The molecule has 5 nitrogen and oxygen atoms in total. The number of nitrogens with zero attached hydrogens (tertiary/aromatic N) is 2. The van der Waals surface area contributed by atoms with E-state index >= 15 is 0 Å². The van der Waals surface area contributed by atoms with Crippen molar-refractivity contribution in [3.63, 3.8) is 0 Å². The summed E-state index contributed by atoms with van der Waals surface area (Å²) in [6.07, 6.45) is 0. The van der Waals surface area contributed by atoms with Crippen molar-refractivity contribution in [1.29, 1.82) is 0 Å². The SMILES string of the molecule is CCn1c(SC(c2cc(Br)cs2)C(C)N)n[nH]c1=O. The Kier molecular flexibility index (Phi) is 4.88. The van der Waals surface area contributed by atoms with Crippen molar-refractivity contribution in [2.45, 2.75) is 36.8 Å². The molecule has 0 spiro atoms. The zero-order valence-electron chi connectivity index (χ0n) is 10.6. The predicted molar refractivity (Wildman–Crippen MR) is 82.8 cm³/mol. The van der Waals surface area contributed by atoms with Gasteiger partial charge in [0.15, 0.2) is 5.16 Å². The quantitative estimate of drug-likeness (QED) is 0.801. The van der Waals surface area contributed by atoms with E-state index in [0.29, 0.717) is 11.7 Å². The van der Waals surface area contributed by atoms with Crippen LogP contribution in [0, 0.1) is 0 Å². The third-order valence-electron chi connectivity index (χ3n) is 2.62. The molecule has 2 rings (SSSR count). The highest BCUT2D eigenvalue weighted by atomic mass is 79.9. The summed E-state index contributed by atoms with van der Waals surface area (Å²) in [6, 6.07) is 2.03. The van der Waals surface area contributed by atoms with Crippen molar-refractivity contribution < 1.29 is 0 Å². The maximum absolute atomic E-state index is 11.6. The Bertz CT molecular complexity index is 604. The number of hydrogen-bond acceptors (Lipinski definition) is 5. The van der Waals surface area contributed by atoms with Crippen LogP contribution in [0.5, 0.6) is 0 Å². The summed E-state index contributed by atoms with van der Waals surface area (Å²) in [6.45, 7) is 4.48. The van der Waals surface area contributed by atoms with Gasteiger partial charge in [0.05, 0.1) is 5.25 Å². The summed E-state index contributed by atoms with van der Waals surface area (Å²) in [4.78, 5) is 12.7. The number of aromatic amines is 1. The number of nitrogens with two attached hydrogens (primary N) is 1. The van der Waals surface area contributed by atoms with Crippen molar-refractivity contribution in [3.8, 4) is 0 Å². The van der Waals surface area contributed by atoms with Crippen LogP contribution < -0.4 is 11.4 Å². The van der Waals surface area contributed by atoms with Gasteiger partial charge in [0.2, 0.25) is 0 Å². The number of rotatable bonds is 5. The molecule has 0 aromatic carbocycles. The first kappa shape index (κ1) is 14.8. The lowest BCUT2D eigenvalue weighted by atomic mass is 10.2. The van der Waals surface area contributed by atoms with Gasteiger partial charge in [-0.05, 0) is 35.8 Å². The average Bonchev–Trinajstić information content (AvgIpc) is 2.92.